The zero-order valence-corrected chi connectivity index (χ0v) is 8.34. The van der Waals surface area contributed by atoms with Gasteiger partial charge in [0.1, 0.15) is 5.82 Å². The first kappa shape index (κ1) is 13.2. The largest absolute Gasteiger partial charge is 0.414 e. The van der Waals surface area contributed by atoms with Crippen LogP contribution in [0.4, 0.5) is 23.2 Å². The predicted molar refractivity (Wildman–Crippen MR) is 50.3 cm³/mol. The molecule has 1 rings (SSSR count). The van der Waals surface area contributed by atoms with E-state index >= 15 is 0 Å². The molecule has 17 heavy (non-hydrogen) atoms. The molecule has 1 aromatic rings. The van der Waals surface area contributed by atoms with E-state index in [0.717, 1.165) is 18.2 Å². The van der Waals surface area contributed by atoms with Crippen molar-refractivity contribution in [2.45, 2.75) is 6.18 Å². The molecule has 0 radical (unpaired) electrons. The predicted octanol–water partition coefficient (Wildman–Crippen LogP) is 1.63. The zero-order valence-electron chi connectivity index (χ0n) is 8.34. The fourth-order valence-electron chi connectivity index (χ4n) is 0.911. The normalized spacial score (nSPS) is 11.3. The van der Waals surface area contributed by atoms with Gasteiger partial charge in [0.2, 0.25) is 0 Å². The van der Waals surface area contributed by atoms with E-state index in [1.54, 1.807) is 0 Å². The number of alkyl halides is 3. The van der Waals surface area contributed by atoms with Crippen molar-refractivity contribution in [2.24, 2.45) is 0 Å². The molecule has 0 saturated carbocycles. The fraction of sp³-hybridized carbons (Fsp3) is 0.222. The van der Waals surface area contributed by atoms with E-state index in [4.69, 9.17) is 5.73 Å². The number of amides is 1. The summed E-state index contributed by atoms with van der Waals surface area (Å²) in [6, 6.07) is 3.07. The van der Waals surface area contributed by atoms with Gasteiger partial charge in [-0.3, -0.25) is 9.63 Å². The number of halogens is 4. The molecule has 8 heteroatoms. The van der Waals surface area contributed by atoms with Crippen molar-refractivity contribution in [3.63, 3.8) is 0 Å². The number of benzene rings is 1. The highest BCUT2D eigenvalue weighted by Crippen LogP contribution is 2.14. The van der Waals surface area contributed by atoms with Crippen LogP contribution in [0.15, 0.2) is 18.2 Å². The van der Waals surface area contributed by atoms with E-state index in [2.05, 4.69) is 4.84 Å². The van der Waals surface area contributed by atoms with Gasteiger partial charge in [0.15, 0.2) is 6.61 Å². The monoisotopic (exact) mass is 252 g/mol. The van der Waals surface area contributed by atoms with Crippen LogP contribution in [-0.2, 0) is 4.84 Å². The van der Waals surface area contributed by atoms with Crippen LogP contribution >= 0.6 is 0 Å². The highest BCUT2D eigenvalue weighted by atomic mass is 19.4. The highest BCUT2D eigenvalue weighted by molar-refractivity contribution is 5.93. The van der Waals surface area contributed by atoms with E-state index in [9.17, 15) is 22.4 Å². The topological polar surface area (TPSA) is 64.4 Å². The third-order valence-corrected chi connectivity index (χ3v) is 1.66. The molecule has 0 heterocycles. The third kappa shape index (κ3) is 4.27. The Labute approximate surface area is 93.3 Å². The lowest BCUT2D eigenvalue weighted by Gasteiger charge is -2.08. The first-order chi connectivity index (χ1) is 7.79. The standard InChI is InChI=1S/C9H8F4N2O2/c10-6-3-5(1-2-7(6)14)8(16)15-17-4-9(11,12)13/h1-3H,4,14H2,(H,15,16). The van der Waals surface area contributed by atoms with E-state index in [1.165, 1.54) is 5.48 Å². The Morgan fingerprint density at radius 3 is 2.59 bits per heavy atom. The molecule has 0 aromatic heterocycles. The number of nitrogens with one attached hydrogen (secondary N) is 1. The minimum absolute atomic E-state index is 0.169. The molecule has 0 unspecified atom stereocenters. The molecule has 1 amide bonds. The number of nitrogens with two attached hydrogens (primary N) is 1. The van der Waals surface area contributed by atoms with E-state index in [0.29, 0.717) is 0 Å². The Hall–Kier alpha value is -1.83. The lowest BCUT2D eigenvalue weighted by atomic mass is 10.2. The molecule has 4 nitrogen and oxygen atoms in total. The second-order valence-corrected chi connectivity index (χ2v) is 3.07. The second-order valence-electron chi connectivity index (χ2n) is 3.07. The first-order valence-electron chi connectivity index (χ1n) is 4.33. The lowest BCUT2D eigenvalue weighted by Crippen LogP contribution is -2.29. The Bertz CT molecular complexity index is 420. The number of hydrogen-bond acceptors (Lipinski definition) is 3. The van der Waals surface area contributed by atoms with Gasteiger partial charge in [-0.1, -0.05) is 0 Å². The van der Waals surface area contributed by atoms with Gasteiger partial charge in [0.05, 0.1) is 5.69 Å². The van der Waals surface area contributed by atoms with Crippen LogP contribution in [0.2, 0.25) is 0 Å². The summed E-state index contributed by atoms with van der Waals surface area (Å²) < 4.78 is 47.9. The van der Waals surface area contributed by atoms with E-state index < -0.39 is 24.5 Å². The Kier molecular flexibility index (Phi) is 3.89. The average molecular weight is 252 g/mol. The summed E-state index contributed by atoms with van der Waals surface area (Å²) in [5.74, 6) is -1.83. The van der Waals surface area contributed by atoms with Crippen LogP contribution in [0.3, 0.4) is 0 Å². The Morgan fingerprint density at radius 2 is 2.06 bits per heavy atom. The van der Waals surface area contributed by atoms with Crippen LogP contribution in [0.5, 0.6) is 0 Å². The SMILES string of the molecule is Nc1ccc(C(=O)NOCC(F)(F)F)cc1F. The fourth-order valence-corrected chi connectivity index (χ4v) is 0.911. The van der Waals surface area contributed by atoms with Gasteiger partial charge in [0, 0.05) is 5.56 Å². The number of hydrogen-bond donors (Lipinski definition) is 2. The molecule has 0 spiro atoms. The molecular weight excluding hydrogens is 244 g/mol. The summed E-state index contributed by atoms with van der Waals surface area (Å²) in [5, 5.41) is 0. The van der Waals surface area contributed by atoms with Gasteiger partial charge in [0.25, 0.3) is 5.91 Å². The van der Waals surface area contributed by atoms with Gasteiger partial charge < -0.3 is 5.73 Å². The molecule has 0 saturated heterocycles. The van der Waals surface area contributed by atoms with Crippen LogP contribution < -0.4 is 11.2 Å². The summed E-state index contributed by atoms with van der Waals surface area (Å²) in [6.07, 6.45) is -4.56. The van der Waals surface area contributed by atoms with Crippen molar-refractivity contribution in [2.75, 3.05) is 12.3 Å². The maximum atomic E-state index is 12.9. The molecular formula is C9H8F4N2O2. The van der Waals surface area contributed by atoms with Crippen molar-refractivity contribution in [3.05, 3.63) is 29.6 Å². The Morgan fingerprint density at radius 1 is 1.41 bits per heavy atom. The van der Waals surface area contributed by atoms with Gasteiger partial charge in [-0.05, 0) is 18.2 Å². The van der Waals surface area contributed by atoms with Gasteiger partial charge in [-0.15, -0.1) is 0 Å². The third-order valence-electron chi connectivity index (χ3n) is 1.66. The average Bonchev–Trinajstić information content (AvgIpc) is 2.20. The molecule has 0 aliphatic heterocycles. The van der Waals surface area contributed by atoms with E-state index in [-0.39, 0.29) is 11.3 Å². The summed E-state index contributed by atoms with van der Waals surface area (Å²) in [5.41, 5.74) is 6.33. The van der Waals surface area contributed by atoms with Crippen molar-refractivity contribution >= 4 is 11.6 Å². The molecule has 0 bridgehead atoms. The molecule has 0 fully saturated rings. The number of carbonyl (C=O) groups is 1. The molecule has 0 atom stereocenters. The number of carbonyl (C=O) groups excluding carboxylic acids is 1. The second kappa shape index (κ2) is 5.00. The molecule has 0 aliphatic rings. The number of hydroxylamine groups is 1. The van der Waals surface area contributed by atoms with E-state index in [1.807, 2.05) is 0 Å². The summed E-state index contributed by atoms with van der Waals surface area (Å²) in [4.78, 5) is 15.1. The van der Waals surface area contributed by atoms with Crippen LogP contribution in [-0.4, -0.2) is 18.7 Å². The van der Waals surface area contributed by atoms with Crippen molar-refractivity contribution in [3.8, 4) is 0 Å². The summed E-state index contributed by atoms with van der Waals surface area (Å²) in [7, 11) is 0. The minimum Gasteiger partial charge on any atom is -0.396 e. The number of anilines is 1. The molecule has 1 aromatic carbocycles. The lowest BCUT2D eigenvalue weighted by molar-refractivity contribution is -0.184. The Balaban J connectivity index is 2.56. The van der Waals surface area contributed by atoms with Gasteiger partial charge in [-0.25, -0.2) is 9.87 Å². The highest BCUT2D eigenvalue weighted by Gasteiger charge is 2.28. The maximum Gasteiger partial charge on any atom is 0.414 e. The minimum atomic E-state index is -4.56. The number of nitrogen functional groups attached to an aromatic ring is 1. The number of rotatable bonds is 3. The molecule has 3 N–H and O–H groups in total. The summed E-state index contributed by atoms with van der Waals surface area (Å²) >= 11 is 0. The molecule has 94 valence electrons. The van der Waals surface area contributed by atoms with Crippen molar-refractivity contribution < 1.29 is 27.2 Å². The van der Waals surface area contributed by atoms with Crippen molar-refractivity contribution in [1.29, 1.82) is 0 Å². The van der Waals surface area contributed by atoms with Crippen molar-refractivity contribution in [1.82, 2.24) is 5.48 Å². The zero-order chi connectivity index (χ0) is 13.1. The van der Waals surface area contributed by atoms with Gasteiger partial charge >= 0.3 is 6.18 Å². The van der Waals surface area contributed by atoms with Crippen LogP contribution in [0.25, 0.3) is 0 Å². The van der Waals surface area contributed by atoms with Crippen LogP contribution in [0.1, 0.15) is 10.4 Å². The van der Waals surface area contributed by atoms with Crippen LogP contribution in [0, 0.1) is 5.82 Å². The molecule has 0 aliphatic carbocycles. The first-order valence-corrected chi connectivity index (χ1v) is 4.33. The quantitative estimate of drug-likeness (QED) is 0.488. The maximum absolute atomic E-state index is 12.9. The summed E-state index contributed by atoms with van der Waals surface area (Å²) in [6.45, 7) is -1.63. The smallest absolute Gasteiger partial charge is 0.396 e. The van der Waals surface area contributed by atoms with Gasteiger partial charge in [-0.2, -0.15) is 13.2 Å².